The minimum atomic E-state index is 0.0431. The molecule has 0 saturated heterocycles. The molecule has 1 aliphatic heterocycles. The molecule has 0 N–H and O–H groups in total. The normalized spacial score (nSPS) is 15.2. The van der Waals surface area contributed by atoms with Gasteiger partial charge in [0.05, 0.1) is 11.4 Å². The summed E-state index contributed by atoms with van der Waals surface area (Å²) in [5.41, 5.74) is 14.1. The van der Waals surface area contributed by atoms with Gasteiger partial charge in [-0.2, -0.15) is 0 Å². The molecule has 2 unspecified atom stereocenters. The summed E-state index contributed by atoms with van der Waals surface area (Å²) in [6.45, 7) is 0. The Hall–Kier alpha value is -7.46. The summed E-state index contributed by atoms with van der Waals surface area (Å²) in [5.74, 6) is 1.19. The number of anilines is 3. The molecular weight excluding hydrogens is 759 g/mol. The molecule has 2 aliphatic rings. The van der Waals surface area contributed by atoms with Gasteiger partial charge in [0.15, 0.2) is 0 Å². The summed E-state index contributed by atoms with van der Waals surface area (Å²) in [4.78, 5) is 2.45. The van der Waals surface area contributed by atoms with E-state index < -0.39 is 0 Å². The fraction of sp³-hybridized carbons (Fsp3) is 0.0345. The minimum Gasteiger partial charge on any atom is -0.485 e. The number of para-hydroxylation sites is 1. The van der Waals surface area contributed by atoms with Crippen molar-refractivity contribution in [2.45, 2.75) is 12.0 Å². The van der Waals surface area contributed by atoms with Crippen molar-refractivity contribution in [3.63, 3.8) is 0 Å². The highest BCUT2D eigenvalue weighted by atomic mass is 32.1. The summed E-state index contributed by atoms with van der Waals surface area (Å²) < 4.78 is 9.07. The number of rotatable bonds is 7. The molecule has 0 radical (unpaired) electrons. The van der Waals surface area contributed by atoms with Crippen molar-refractivity contribution in [2.24, 2.45) is 0 Å². The first-order valence-corrected chi connectivity index (χ1v) is 21.8. The monoisotopic (exact) mass is 797 g/mol. The lowest BCUT2D eigenvalue weighted by atomic mass is 9.87. The molecule has 10 aromatic rings. The lowest BCUT2D eigenvalue weighted by Crippen LogP contribution is -2.15. The van der Waals surface area contributed by atoms with Gasteiger partial charge in [0, 0.05) is 48.5 Å². The third kappa shape index (κ3) is 6.08. The van der Waals surface area contributed by atoms with Crippen LogP contribution in [0.4, 0.5) is 17.1 Å². The molecule has 61 heavy (non-hydrogen) atoms. The molecule has 0 saturated carbocycles. The Morgan fingerprint density at radius 2 is 1.05 bits per heavy atom. The van der Waals surface area contributed by atoms with Gasteiger partial charge in [-0.1, -0.05) is 170 Å². The first-order valence-electron chi connectivity index (χ1n) is 21.0. The van der Waals surface area contributed by atoms with Crippen molar-refractivity contribution in [3.8, 4) is 50.3 Å². The quantitative estimate of drug-likeness (QED) is 0.159. The van der Waals surface area contributed by atoms with Crippen LogP contribution in [0.15, 0.2) is 224 Å². The molecule has 2 heterocycles. The fourth-order valence-electron chi connectivity index (χ4n) is 9.52. The Morgan fingerprint density at radius 1 is 0.426 bits per heavy atom. The largest absolute Gasteiger partial charge is 0.485 e. The minimum absolute atomic E-state index is 0.0431. The van der Waals surface area contributed by atoms with Crippen LogP contribution in [-0.2, 0) is 0 Å². The van der Waals surface area contributed by atoms with Crippen LogP contribution in [0.1, 0.15) is 11.5 Å². The molecule has 0 fully saturated rings. The van der Waals surface area contributed by atoms with Crippen LogP contribution < -0.4 is 9.64 Å². The number of thiophene rings is 1. The number of hydrogen-bond acceptors (Lipinski definition) is 3. The summed E-state index contributed by atoms with van der Waals surface area (Å²) in [6, 6.07) is 73.2. The highest BCUT2D eigenvalue weighted by Gasteiger charge is 2.33. The van der Waals surface area contributed by atoms with E-state index in [4.69, 9.17) is 4.74 Å². The molecular formula is C58H39NOS. The Labute approximate surface area is 359 Å². The number of ether oxygens (including phenoxy) is 1. The highest BCUT2D eigenvalue weighted by Crippen LogP contribution is 2.49. The zero-order valence-corrected chi connectivity index (χ0v) is 34.1. The first kappa shape index (κ1) is 35.5. The van der Waals surface area contributed by atoms with E-state index in [1.54, 1.807) is 0 Å². The second kappa shape index (κ2) is 14.7. The van der Waals surface area contributed by atoms with Crippen LogP contribution in [0.2, 0.25) is 0 Å². The average molecular weight is 798 g/mol. The van der Waals surface area contributed by atoms with Crippen LogP contribution in [0.5, 0.6) is 5.75 Å². The standard InChI is InChI=1S/C58H39NOS/c1-3-14-38(15-4-1)45-18-7-10-23-52(45)59(44-32-28-40(29-33-44)46-21-13-22-48-47-19-9-12-25-56(47)61-58(46)48)53-34-30-43(36-50(53)39-16-5-2-6-17-39)42-27-26-41-31-35-55-57(51(41)37-42)49-20-8-11-24-54(49)60-55/h1-37,49,54H. The Kier molecular flexibility index (Phi) is 8.53. The van der Waals surface area contributed by atoms with E-state index in [-0.39, 0.29) is 12.0 Å². The molecule has 3 heteroatoms. The van der Waals surface area contributed by atoms with Gasteiger partial charge >= 0.3 is 0 Å². The number of benzene rings is 9. The smallest absolute Gasteiger partial charge is 0.128 e. The van der Waals surface area contributed by atoms with E-state index in [9.17, 15) is 0 Å². The zero-order chi connectivity index (χ0) is 40.3. The molecule has 2 atom stereocenters. The van der Waals surface area contributed by atoms with E-state index in [2.05, 4.69) is 229 Å². The second-order valence-electron chi connectivity index (χ2n) is 15.9. The molecule has 2 nitrogen and oxygen atoms in total. The van der Waals surface area contributed by atoms with Crippen LogP contribution in [-0.4, -0.2) is 6.10 Å². The third-order valence-corrected chi connectivity index (χ3v) is 13.6. The Balaban J connectivity index is 1.03. The maximum absolute atomic E-state index is 6.43. The molecule has 1 aromatic heterocycles. The van der Waals surface area contributed by atoms with Gasteiger partial charge in [-0.3, -0.25) is 0 Å². The average Bonchev–Trinajstić information content (AvgIpc) is 3.92. The van der Waals surface area contributed by atoms with Crippen LogP contribution in [0.25, 0.3) is 75.5 Å². The molecule has 0 spiro atoms. The molecule has 0 amide bonds. The van der Waals surface area contributed by atoms with Gasteiger partial charge < -0.3 is 9.64 Å². The summed E-state index contributed by atoms with van der Waals surface area (Å²) in [7, 11) is 0. The van der Waals surface area contributed by atoms with Crippen LogP contribution in [0.3, 0.4) is 0 Å². The maximum Gasteiger partial charge on any atom is 0.128 e. The summed E-state index contributed by atoms with van der Waals surface area (Å²) in [6.07, 6.45) is 8.74. The van der Waals surface area contributed by atoms with Gasteiger partial charge in [0.2, 0.25) is 0 Å². The van der Waals surface area contributed by atoms with E-state index >= 15 is 0 Å². The van der Waals surface area contributed by atoms with E-state index in [0.717, 1.165) is 33.9 Å². The van der Waals surface area contributed by atoms with Crippen molar-refractivity contribution >= 4 is 59.3 Å². The van der Waals surface area contributed by atoms with E-state index in [0.29, 0.717) is 0 Å². The Morgan fingerprint density at radius 3 is 1.90 bits per heavy atom. The van der Waals surface area contributed by atoms with Gasteiger partial charge in [-0.05, 0) is 98.8 Å². The predicted octanol–water partition coefficient (Wildman–Crippen LogP) is 16.3. The number of fused-ring (bicyclic) bond motifs is 8. The molecule has 1 aliphatic carbocycles. The molecule has 0 bridgehead atoms. The highest BCUT2D eigenvalue weighted by molar-refractivity contribution is 7.26. The molecule has 288 valence electrons. The summed E-state index contributed by atoms with van der Waals surface area (Å²) in [5, 5.41) is 5.10. The molecule has 12 rings (SSSR count). The van der Waals surface area contributed by atoms with Gasteiger partial charge in [-0.25, -0.2) is 0 Å². The van der Waals surface area contributed by atoms with Crippen molar-refractivity contribution < 1.29 is 4.74 Å². The maximum atomic E-state index is 6.43. The predicted molar refractivity (Wildman–Crippen MR) is 259 cm³/mol. The summed E-state index contributed by atoms with van der Waals surface area (Å²) >= 11 is 1.87. The van der Waals surface area contributed by atoms with Gasteiger partial charge in [0.25, 0.3) is 0 Å². The van der Waals surface area contributed by atoms with Crippen molar-refractivity contribution in [2.75, 3.05) is 4.90 Å². The lowest BCUT2D eigenvalue weighted by Gasteiger charge is -2.30. The lowest BCUT2D eigenvalue weighted by molar-refractivity contribution is 0.269. The number of nitrogens with zero attached hydrogens (tertiary/aromatic N) is 1. The number of hydrogen-bond donors (Lipinski definition) is 0. The number of allylic oxidation sites excluding steroid dienone is 2. The van der Waals surface area contributed by atoms with Crippen LogP contribution in [0, 0.1) is 0 Å². The van der Waals surface area contributed by atoms with Crippen molar-refractivity contribution in [3.05, 3.63) is 230 Å². The van der Waals surface area contributed by atoms with Crippen molar-refractivity contribution in [1.29, 1.82) is 0 Å². The van der Waals surface area contributed by atoms with Crippen LogP contribution >= 0.6 is 11.3 Å². The zero-order valence-electron chi connectivity index (χ0n) is 33.3. The van der Waals surface area contributed by atoms with Gasteiger partial charge in [-0.15, -0.1) is 11.3 Å². The second-order valence-corrected chi connectivity index (χ2v) is 17.0. The SMILES string of the molecule is C1=CC2Oc3ccc4ccc(-c5ccc(N(c6ccc(-c7cccc8c7sc7ccccc78)cc6)c6ccccc6-c6ccccc6)c(-c6ccccc6)c5)cc4c3C2C=C1. The third-order valence-electron chi connectivity index (χ3n) is 12.4. The van der Waals surface area contributed by atoms with Crippen molar-refractivity contribution in [1.82, 2.24) is 0 Å². The van der Waals surface area contributed by atoms with Gasteiger partial charge in [0.1, 0.15) is 11.9 Å². The fourth-order valence-corrected chi connectivity index (χ4v) is 10.8. The van der Waals surface area contributed by atoms with E-state index in [1.165, 1.54) is 69.9 Å². The van der Waals surface area contributed by atoms with E-state index in [1.807, 2.05) is 11.3 Å². The first-order chi connectivity index (χ1) is 30.2. The molecule has 9 aromatic carbocycles. The topological polar surface area (TPSA) is 12.5 Å². The Bertz CT molecular complexity index is 3340.